The van der Waals surface area contributed by atoms with Crippen LogP contribution in [0.3, 0.4) is 0 Å². The van der Waals surface area contributed by atoms with Crippen LogP contribution in [0.2, 0.25) is 0 Å². The number of rotatable bonds is 1. The highest BCUT2D eigenvalue weighted by Gasteiger charge is 2.26. The van der Waals surface area contributed by atoms with Gasteiger partial charge in [0.15, 0.2) is 0 Å². The minimum absolute atomic E-state index is 0.303. The fourth-order valence-corrected chi connectivity index (χ4v) is 2.47. The van der Waals surface area contributed by atoms with Crippen molar-refractivity contribution in [1.29, 1.82) is 0 Å². The van der Waals surface area contributed by atoms with E-state index in [2.05, 4.69) is 5.43 Å². The van der Waals surface area contributed by atoms with E-state index in [1.54, 1.807) is 0 Å². The highest BCUT2D eigenvalue weighted by Crippen LogP contribution is 2.39. The maximum atomic E-state index is 10.3. The van der Waals surface area contributed by atoms with Crippen molar-refractivity contribution < 1.29 is 5.11 Å². The van der Waals surface area contributed by atoms with Crippen LogP contribution < -0.4 is 15.6 Å². The molecule has 1 heterocycles. The van der Waals surface area contributed by atoms with Gasteiger partial charge >= 0.3 is 0 Å². The highest BCUT2D eigenvalue weighted by atomic mass is 16.3. The molecular weight excluding hydrogens is 238 g/mol. The Kier molecular flexibility index (Phi) is 2.52. The first-order valence-electron chi connectivity index (χ1n) is 6.27. The zero-order valence-corrected chi connectivity index (χ0v) is 11.3. The smallest absolute Gasteiger partial charge is 0.145 e. The summed E-state index contributed by atoms with van der Waals surface area (Å²) >= 11 is 0. The van der Waals surface area contributed by atoms with Crippen LogP contribution in [0.4, 0.5) is 17.1 Å². The van der Waals surface area contributed by atoms with Crippen molar-refractivity contribution >= 4 is 17.1 Å². The second-order valence-electron chi connectivity index (χ2n) is 4.91. The number of aryl methyl sites for hydroxylation is 2. The molecule has 1 aliphatic rings. The van der Waals surface area contributed by atoms with E-state index in [4.69, 9.17) is 0 Å². The van der Waals surface area contributed by atoms with Gasteiger partial charge in [-0.2, -0.15) is 5.12 Å². The molecule has 0 bridgehead atoms. The SMILES string of the molecule is Cc1cc(C)c(O)c(N2Nc3ccccc3N2C)c1. The summed E-state index contributed by atoms with van der Waals surface area (Å²) in [7, 11) is 1.97. The highest BCUT2D eigenvalue weighted by molar-refractivity contribution is 5.82. The van der Waals surface area contributed by atoms with Gasteiger partial charge in [-0.05, 0) is 43.2 Å². The lowest BCUT2D eigenvalue weighted by atomic mass is 10.1. The molecular formula is C15H17N3O. The summed E-state index contributed by atoms with van der Waals surface area (Å²) in [4.78, 5) is 0. The minimum Gasteiger partial charge on any atom is -0.505 e. The fourth-order valence-electron chi connectivity index (χ4n) is 2.47. The Bertz CT molecular complexity index is 639. The lowest BCUT2D eigenvalue weighted by molar-refractivity contribution is 0.470. The lowest BCUT2D eigenvalue weighted by Crippen LogP contribution is -2.38. The zero-order valence-electron chi connectivity index (χ0n) is 11.3. The maximum Gasteiger partial charge on any atom is 0.145 e. The summed E-state index contributed by atoms with van der Waals surface area (Å²) in [6.45, 7) is 3.94. The molecule has 4 nitrogen and oxygen atoms in total. The van der Waals surface area contributed by atoms with Crippen LogP contribution in [-0.4, -0.2) is 12.2 Å². The van der Waals surface area contributed by atoms with E-state index in [0.717, 1.165) is 28.2 Å². The molecule has 0 saturated carbocycles. The third-order valence-corrected chi connectivity index (χ3v) is 3.43. The second-order valence-corrected chi connectivity index (χ2v) is 4.91. The Hall–Kier alpha value is -2.36. The number of fused-ring (bicyclic) bond motifs is 1. The number of benzene rings is 2. The third-order valence-electron chi connectivity index (χ3n) is 3.43. The average molecular weight is 255 g/mol. The Labute approximate surface area is 112 Å². The molecule has 0 radical (unpaired) electrons. The molecule has 1 aliphatic heterocycles. The first-order chi connectivity index (χ1) is 9.08. The van der Waals surface area contributed by atoms with E-state index < -0.39 is 0 Å². The van der Waals surface area contributed by atoms with Gasteiger partial charge < -0.3 is 5.11 Å². The number of hydrogen-bond donors (Lipinski definition) is 2. The number of nitrogens with one attached hydrogen (secondary N) is 1. The van der Waals surface area contributed by atoms with Crippen molar-refractivity contribution in [3.8, 4) is 5.75 Å². The molecule has 98 valence electrons. The number of hydrogen-bond acceptors (Lipinski definition) is 4. The number of phenols is 1. The largest absolute Gasteiger partial charge is 0.505 e. The summed E-state index contributed by atoms with van der Waals surface area (Å²) in [5.74, 6) is 0.303. The topological polar surface area (TPSA) is 38.7 Å². The van der Waals surface area contributed by atoms with E-state index in [1.807, 2.05) is 67.4 Å². The first-order valence-corrected chi connectivity index (χ1v) is 6.27. The predicted octanol–water partition coefficient (Wildman–Crippen LogP) is 3.21. The average Bonchev–Trinajstić information content (AvgIpc) is 2.72. The molecule has 0 atom stereocenters. The van der Waals surface area contributed by atoms with Crippen molar-refractivity contribution in [2.24, 2.45) is 0 Å². The van der Waals surface area contributed by atoms with Gasteiger partial charge in [0.1, 0.15) is 11.4 Å². The summed E-state index contributed by atoms with van der Waals surface area (Å²) in [5.41, 5.74) is 8.17. The van der Waals surface area contributed by atoms with Gasteiger partial charge in [0.2, 0.25) is 0 Å². The lowest BCUT2D eigenvalue weighted by Gasteiger charge is -2.28. The molecule has 0 aromatic heterocycles. The Morgan fingerprint density at radius 1 is 1.05 bits per heavy atom. The first kappa shape index (κ1) is 11.7. The summed E-state index contributed by atoms with van der Waals surface area (Å²) in [6, 6.07) is 12.0. The van der Waals surface area contributed by atoms with Crippen LogP contribution in [0.25, 0.3) is 0 Å². The van der Waals surface area contributed by atoms with Gasteiger partial charge in [0.25, 0.3) is 0 Å². The summed E-state index contributed by atoms with van der Waals surface area (Å²) in [6.07, 6.45) is 0. The monoisotopic (exact) mass is 255 g/mol. The van der Waals surface area contributed by atoms with Gasteiger partial charge in [-0.15, -0.1) is 0 Å². The van der Waals surface area contributed by atoms with Gasteiger partial charge in [-0.1, -0.05) is 18.2 Å². The van der Waals surface area contributed by atoms with Gasteiger partial charge in [0.05, 0.1) is 11.4 Å². The molecule has 4 heteroatoms. The standard InChI is InChI=1S/C15H17N3O/c1-10-8-11(2)15(19)14(9-10)18-16-12-6-4-5-7-13(12)17(18)3/h4-9,16,19H,1-3H3. The Morgan fingerprint density at radius 2 is 1.79 bits per heavy atom. The van der Waals surface area contributed by atoms with Gasteiger partial charge in [-0.3, -0.25) is 10.4 Å². The van der Waals surface area contributed by atoms with Crippen molar-refractivity contribution in [3.63, 3.8) is 0 Å². The third kappa shape index (κ3) is 1.76. The zero-order chi connectivity index (χ0) is 13.6. The predicted molar refractivity (Wildman–Crippen MR) is 78.5 cm³/mol. The minimum atomic E-state index is 0.303. The molecule has 3 rings (SSSR count). The van der Waals surface area contributed by atoms with Gasteiger partial charge in [-0.25, -0.2) is 0 Å². The van der Waals surface area contributed by atoms with Crippen molar-refractivity contribution in [2.45, 2.75) is 13.8 Å². The molecule has 0 amide bonds. The van der Waals surface area contributed by atoms with E-state index in [0.29, 0.717) is 5.75 Å². The Morgan fingerprint density at radius 3 is 2.53 bits per heavy atom. The maximum absolute atomic E-state index is 10.3. The molecule has 2 N–H and O–H groups in total. The summed E-state index contributed by atoms with van der Waals surface area (Å²) < 4.78 is 0. The molecule has 0 saturated heterocycles. The van der Waals surface area contributed by atoms with Crippen LogP contribution in [-0.2, 0) is 0 Å². The van der Waals surface area contributed by atoms with E-state index in [1.165, 1.54) is 0 Å². The number of para-hydroxylation sites is 2. The van der Waals surface area contributed by atoms with Crippen molar-refractivity contribution in [2.75, 3.05) is 22.6 Å². The van der Waals surface area contributed by atoms with E-state index in [9.17, 15) is 5.11 Å². The molecule has 0 spiro atoms. The van der Waals surface area contributed by atoms with E-state index in [-0.39, 0.29) is 0 Å². The molecule has 0 fully saturated rings. The van der Waals surface area contributed by atoms with Crippen LogP contribution in [0.1, 0.15) is 11.1 Å². The molecule has 2 aromatic carbocycles. The van der Waals surface area contributed by atoms with Crippen LogP contribution >= 0.6 is 0 Å². The second kappa shape index (κ2) is 4.09. The molecule has 2 aromatic rings. The summed E-state index contributed by atoms with van der Waals surface area (Å²) in [5, 5.41) is 14.1. The number of hydrazine groups is 2. The van der Waals surface area contributed by atoms with Crippen LogP contribution in [0.15, 0.2) is 36.4 Å². The quantitative estimate of drug-likeness (QED) is 0.820. The number of anilines is 3. The molecule has 0 unspecified atom stereocenters. The number of phenolic OH excluding ortho intramolecular Hbond substituents is 1. The number of nitrogens with zero attached hydrogens (tertiary/aromatic N) is 2. The molecule has 19 heavy (non-hydrogen) atoms. The number of aromatic hydroxyl groups is 1. The molecule has 0 aliphatic carbocycles. The van der Waals surface area contributed by atoms with Crippen molar-refractivity contribution in [3.05, 3.63) is 47.5 Å². The fraction of sp³-hybridized carbons (Fsp3) is 0.200. The van der Waals surface area contributed by atoms with Crippen molar-refractivity contribution in [1.82, 2.24) is 0 Å². The van der Waals surface area contributed by atoms with E-state index >= 15 is 0 Å². The van der Waals surface area contributed by atoms with Crippen LogP contribution in [0, 0.1) is 13.8 Å². The Balaban J connectivity index is 2.07. The van der Waals surface area contributed by atoms with Crippen LogP contribution in [0.5, 0.6) is 5.75 Å². The van der Waals surface area contributed by atoms with Gasteiger partial charge in [0, 0.05) is 7.05 Å². The normalized spacial score (nSPS) is 13.4.